The number of anilines is 1. The van der Waals surface area contributed by atoms with Crippen molar-refractivity contribution in [2.75, 3.05) is 11.6 Å². The van der Waals surface area contributed by atoms with Crippen molar-refractivity contribution in [1.82, 2.24) is 19.7 Å². The van der Waals surface area contributed by atoms with Gasteiger partial charge in [-0.1, -0.05) is 30.3 Å². The number of benzene rings is 1. The molecule has 0 amide bonds. The average Bonchev–Trinajstić information content (AvgIpc) is 2.97. The van der Waals surface area contributed by atoms with E-state index in [0.717, 1.165) is 59.4 Å². The molecule has 154 valence electrons. The van der Waals surface area contributed by atoms with Gasteiger partial charge in [-0.15, -0.1) is 0 Å². The van der Waals surface area contributed by atoms with Crippen LogP contribution >= 0.6 is 0 Å². The summed E-state index contributed by atoms with van der Waals surface area (Å²) in [4.78, 5) is 13.0. The number of nitrogens with one attached hydrogen (secondary N) is 3. The lowest BCUT2D eigenvalue weighted by molar-refractivity contribution is 0.388. The fourth-order valence-corrected chi connectivity index (χ4v) is 4.88. The lowest BCUT2D eigenvalue weighted by Crippen LogP contribution is -2.39. The summed E-state index contributed by atoms with van der Waals surface area (Å²) in [6.07, 6.45) is 4.63. The average molecular weight is 414 g/mol. The van der Waals surface area contributed by atoms with Gasteiger partial charge in [0.1, 0.15) is 11.5 Å². The minimum Gasteiger partial charge on any atom is -0.367 e. The first-order valence-corrected chi connectivity index (χ1v) is 11.9. The maximum atomic E-state index is 11.5. The van der Waals surface area contributed by atoms with Crippen molar-refractivity contribution in [1.29, 1.82) is 0 Å². The van der Waals surface area contributed by atoms with Crippen LogP contribution in [0.1, 0.15) is 36.9 Å². The summed E-state index contributed by atoms with van der Waals surface area (Å²) < 4.78 is 25.7. The van der Waals surface area contributed by atoms with Crippen LogP contribution in [0.2, 0.25) is 0 Å². The fourth-order valence-electron chi connectivity index (χ4n) is 4.04. The summed E-state index contributed by atoms with van der Waals surface area (Å²) in [5.74, 6) is 1.53. The molecule has 4 rings (SSSR count). The Labute approximate surface area is 171 Å². The highest BCUT2D eigenvalue weighted by Gasteiger charge is 2.25. The molecular weight excluding hydrogens is 386 g/mol. The molecule has 3 N–H and O–H groups in total. The van der Waals surface area contributed by atoms with Crippen LogP contribution in [-0.4, -0.2) is 41.7 Å². The number of sulfonamides is 1. The lowest BCUT2D eigenvalue weighted by Gasteiger charge is -2.29. The molecule has 1 aliphatic carbocycles. The highest BCUT2D eigenvalue weighted by Crippen LogP contribution is 2.31. The van der Waals surface area contributed by atoms with Gasteiger partial charge < -0.3 is 10.3 Å². The molecule has 0 saturated heterocycles. The summed E-state index contributed by atoms with van der Waals surface area (Å²) >= 11 is 0. The minimum absolute atomic E-state index is 0.0181. The van der Waals surface area contributed by atoms with Crippen molar-refractivity contribution in [3.05, 3.63) is 41.6 Å². The van der Waals surface area contributed by atoms with E-state index in [1.807, 2.05) is 37.3 Å². The maximum absolute atomic E-state index is 11.5. The number of H-pyrrole nitrogens is 1. The highest BCUT2D eigenvalue weighted by molar-refractivity contribution is 7.88. The molecule has 1 fully saturated rings. The van der Waals surface area contributed by atoms with Crippen LogP contribution in [0, 0.1) is 13.8 Å². The predicted molar refractivity (Wildman–Crippen MR) is 116 cm³/mol. The Hall–Kier alpha value is -2.45. The smallest absolute Gasteiger partial charge is 0.208 e. The van der Waals surface area contributed by atoms with Crippen molar-refractivity contribution in [2.24, 2.45) is 0 Å². The van der Waals surface area contributed by atoms with Crippen LogP contribution in [0.3, 0.4) is 0 Å². The predicted octanol–water partition coefficient (Wildman–Crippen LogP) is 3.51. The molecule has 0 bridgehead atoms. The zero-order chi connectivity index (χ0) is 20.6. The first kappa shape index (κ1) is 19.8. The molecule has 8 heteroatoms. The van der Waals surface area contributed by atoms with Crippen molar-refractivity contribution in [2.45, 2.75) is 51.6 Å². The summed E-state index contributed by atoms with van der Waals surface area (Å²) in [7, 11) is -3.16. The van der Waals surface area contributed by atoms with Gasteiger partial charge >= 0.3 is 0 Å². The molecule has 0 spiro atoms. The Kier molecular flexibility index (Phi) is 5.31. The topological polar surface area (TPSA) is 99.8 Å². The summed E-state index contributed by atoms with van der Waals surface area (Å²) in [5, 5.41) is 4.65. The number of hydrogen-bond donors (Lipinski definition) is 3. The number of aryl methyl sites for hydroxylation is 2. The van der Waals surface area contributed by atoms with E-state index in [2.05, 4.69) is 21.9 Å². The van der Waals surface area contributed by atoms with E-state index in [4.69, 9.17) is 9.97 Å². The van der Waals surface area contributed by atoms with Gasteiger partial charge in [0.05, 0.1) is 11.6 Å². The van der Waals surface area contributed by atoms with Gasteiger partial charge in [-0.3, -0.25) is 0 Å². The molecule has 0 aliphatic heterocycles. The van der Waals surface area contributed by atoms with Crippen molar-refractivity contribution in [3.63, 3.8) is 0 Å². The van der Waals surface area contributed by atoms with Crippen LogP contribution in [0.25, 0.3) is 22.4 Å². The number of aromatic amines is 1. The quantitative estimate of drug-likeness (QED) is 0.594. The maximum Gasteiger partial charge on any atom is 0.208 e. The summed E-state index contributed by atoms with van der Waals surface area (Å²) in [5.41, 5.74) is 4.05. The van der Waals surface area contributed by atoms with E-state index < -0.39 is 10.0 Å². The Balaban J connectivity index is 1.61. The Bertz CT molecular complexity index is 1120. The second-order valence-electron chi connectivity index (χ2n) is 7.94. The Morgan fingerprint density at radius 2 is 1.66 bits per heavy atom. The second-order valence-corrected chi connectivity index (χ2v) is 9.72. The zero-order valence-corrected chi connectivity index (χ0v) is 17.8. The first-order chi connectivity index (χ1) is 13.8. The third kappa shape index (κ3) is 4.43. The number of hydrogen-bond acceptors (Lipinski definition) is 5. The number of fused-ring (bicyclic) bond motifs is 1. The largest absolute Gasteiger partial charge is 0.367 e. The third-order valence-electron chi connectivity index (χ3n) is 5.63. The van der Waals surface area contributed by atoms with E-state index in [0.29, 0.717) is 5.82 Å². The van der Waals surface area contributed by atoms with E-state index in [-0.39, 0.29) is 12.1 Å². The zero-order valence-electron chi connectivity index (χ0n) is 17.0. The monoisotopic (exact) mass is 413 g/mol. The van der Waals surface area contributed by atoms with Crippen molar-refractivity contribution >= 4 is 26.9 Å². The standard InChI is InChI=1S/C21H27N5O2S/c1-13-14(2)22-20-18(13)21(25-19(24-20)15-7-5-4-6-8-15)23-16-9-11-17(12-10-16)26-29(3,27)28/h4-8,16-17,26H,9-12H2,1-3H3,(H2,22,23,24,25). The molecule has 3 aromatic rings. The van der Waals surface area contributed by atoms with Gasteiger partial charge in [0.25, 0.3) is 0 Å². The molecule has 2 heterocycles. The lowest BCUT2D eigenvalue weighted by atomic mass is 9.92. The van der Waals surface area contributed by atoms with E-state index in [9.17, 15) is 8.42 Å². The van der Waals surface area contributed by atoms with E-state index in [1.54, 1.807) is 0 Å². The Morgan fingerprint density at radius 3 is 2.31 bits per heavy atom. The molecule has 0 radical (unpaired) electrons. The van der Waals surface area contributed by atoms with Crippen LogP contribution in [0.15, 0.2) is 30.3 Å². The van der Waals surface area contributed by atoms with Gasteiger partial charge in [-0.05, 0) is 45.1 Å². The third-order valence-corrected chi connectivity index (χ3v) is 6.39. The highest BCUT2D eigenvalue weighted by atomic mass is 32.2. The minimum atomic E-state index is -3.16. The van der Waals surface area contributed by atoms with Crippen molar-refractivity contribution < 1.29 is 8.42 Å². The molecule has 1 aliphatic rings. The Morgan fingerprint density at radius 1 is 1.00 bits per heavy atom. The SMILES string of the molecule is Cc1[nH]c2nc(-c3ccccc3)nc(NC3CCC(NS(C)(=O)=O)CC3)c2c1C. The molecule has 1 saturated carbocycles. The number of nitrogens with zero attached hydrogens (tertiary/aromatic N) is 2. The summed E-state index contributed by atoms with van der Waals surface area (Å²) in [6, 6.07) is 10.2. The second kappa shape index (κ2) is 7.76. The molecule has 29 heavy (non-hydrogen) atoms. The van der Waals surface area contributed by atoms with Crippen LogP contribution in [0.5, 0.6) is 0 Å². The first-order valence-electron chi connectivity index (χ1n) is 9.96. The van der Waals surface area contributed by atoms with E-state index in [1.165, 1.54) is 6.26 Å². The van der Waals surface area contributed by atoms with Gasteiger partial charge in [0.15, 0.2) is 5.82 Å². The van der Waals surface area contributed by atoms with Gasteiger partial charge in [-0.2, -0.15) is 0 Å². The van der Waals surface area contributed by atoms with E-state index >= 15 is 0 Å². The molecule has 0 atom stereocenters. The molecule has 1 aromatic carbocycles. The molecule has 0 unspecified atom stereocenters. The van der Waals surface area contributed by atoms with Gasteiger partial charge in [0, 0.05) is 23.3 Å². The van der Waals surface area contributed by atoms with Gasteiger partial charge in [-0.25, -0.2) is 23.1 Å². The van der Waals surface area contributed by atoms with Crippen LogP contribution in [0.4, 0.5) is 5.82 Å². The molecular formula is C21H27N5O2S. The summed E-state index contributed by atoms with van der Waals surface area (Å²) in [6.45, 7) is 4.13. The molecule has 7 nitrogen and oxygen atoms in total. The van der Waals surface area contributed by atoms with Crippen molar-refractivity contribution in [3.8, 4) is 11.4 Å². The van der Waals surface area contributed by atoms with Crippen LogP contribution < -0.4 is 10.0 Å². The van der Waals surface area contributed by atoms with Crippen LogP contribution in [-0.2, 0) is 10.0 Å². The number of rotatable bonds is 5. The number of aromatic nitrogens is 3. The van der Waals surface area contributed by atoms with Gasteiger partial charge in [0.2, 0.25) is 10.0 Å². The fraction of sp³-hybridized carbons (Fsp3) is 0.429. The normalized spacial score (nSPS) is 20.1. The molecule has 2 aromatic heterocycles.